The van der Waals surface area contributed by atoms with E-state index in [0.29, 0.717) is 5.75 Å². The number of phenolic OH excluding ortho intramolecular Hbond substituents is 1. The standard InChI is InChI=1S/C19H16O.C10H15.2ClH.Ti/c1-14-12-17(15-8-4-2-5-9-15)19(20)18(13-14)16-10-6-3-7-11-16;1-6-7(2)9(4)10(5)8(6)3;;;/h2-13,20H,1H3;1-5H3;2*1H;/q;-1;;;+2/p-2. The molecular formula is C29H31Cl2OTi-. The number of halogens is 2. The molecule has 172 valence electrons. The maximum atomic E-state index is 10.6. The third kappa shape index (κ3) is 7.04. The molecule has 0 unspecified atom stereocenters. The zero-order valence-corrected chi connectivity index (χ0v) is 23.2. The number of phenols is 1. The van der Waals surface area contributed by atoms with Crippen LogP contribution in [-0.2, 0) is 17.0 Å². The molecule has 0 bridgehead atoms. The molecular weight excluding hydrogens is 483 g/mol. The number of hydrogen-bond donors (Lipinski definition) is 1. The molecule has 0 heterocycles. The first-order valence-electron chi connectivity index (χ1n) is 10.8. The van der Waals surface area contributed by atoms with Crippen molar-refractivity contribution in [3.63, 3.8) is 0 Å². The van der Waals surface area contributed by atoms with Crippen molar-refractivity contribution in [1.82, 2.24) is 0 Å². The molecule has 4 rings (SSSR count). The van der Waals surface area contributed by atoms with Crippen molar-refractivity contribution in [1.29, 1.82) is 0 Å². The summed E-state index contributed by atoms with van der Waals surface area (Å²) < 4.78 is 0. The summed E-state index contributed by atoms with van der Waals surface area (Å²) >= 11 is -0.556. The fourth-order valence-corrected chi connectivity index (χ4v) is 3.86. The summed E-state index contributed by atoms with van der Waals surface area (Å²) in [5.41, 5.74) is 12.3. The molecule has 4 aromatic carbocycles. The Kier molecular flexibility index (Phi) is 10.9. The van der Waals surface area contributed by atoms with E-state index in [1.807, 2.05) is 72.8 Å². The molecule has 33 heavy (non-hydrogen) atoms. The van der Waals surface area contributed by atoms with Crippen molar-refractivity contribution >= 4 is 18.6 Å². The van der Waals surface area contributed by atoms with Crippen LogP contribution < -0.4 is 0 Å². The van der Waals surface area contributed by atoms with E-state index < -0.39 is 17.0 Å². The molecule has 4 heteroatoms. The van der Waals surface area contributed by atoms with E-state index in [-0.39, 0.29) is 0 Å². The van der Waals surface area contributed by atoms with Gasteiger partial charge in [-0.1, -0.05) is 95.3 Å². The minimum absolute atomic E-state index is 0.341. The second-order valence-corrected chi connectivity index (χ2v) is 10.7. The molecule has 4 aromatic rings. The maximum absolute atomic E-state index is 10.6. The van der Waals surface area contributed by atoms with Gasteiger partial charge in [-0.25, -0.2) is 0 Å². The van der Waals surface area contributed by atoms with Gasteiger partial charge in [-0.05, 0) is 35.7 Å². The molecule has 0 atom stereocenters. The van der Waals surface area contributed by atoms with Gasteiger partial charge in [-0.15, -0.1) is 0 Å². The van der Waals surface area contributed by atoms with Gasteiger partial charge in [0.15, 0.2) is 0 Å². The van der Waals surface area contributed by atoms with Gasteiger partial charge in [0.2, 0.25) is 0 Å². The van der Waals surface area contributed by atoms with Crippen LogP contribution in [0.15, 0.2) is 72.8 Å². The average Bonchev–Trinajstić information content (AvgIpc) is 3.00. The Morgan fingerprint density at radius 2 is 1.00 bits per heavy atom. The van der Waals surface area contributed by atoms with E-state index in [1.165, 1.54) is 27.8 Å². The van der Waals surface area contributed by atoms with E-state index in [4.69, 9.17) is 18.6 Å². The van der Waals surface area contributed by atoms with E-state index in [2.05, 4.69) is 41.5 Å². The van der Waals surface area contributed by atoms with Gasteiger partial charge in [0, 0.05) is 11.1 Å². The number of benzene rings is 3. The third-order valence-electron chi connectivity index (χ3n) is 6.24. The number of rotatable bonds is 2. The van der Waals surface area contributed by atoms with Gasteiger partial charge in [-0.3, -0.25) is 0 Å². The van der Waals surface area contributed by atoms with Crippen molar-refractivity contribution in [3.8, 4) is 28.0 Å². The van der Waals surface area contributed by atoms with Gasteiger partial charge in [0.1, 0.15) is 5.75 Å². The van der Waals surface area contributed by atoms with Crippen LogP contribution in [0.2, 0.25) is 0 Å². The SMILES string of the molecule is Cc1c(C)c(C)[c-](C)c1C.Cc1cc(-c2ccccc2)c(O)c(-c2ccccc2)c1.[Cl][Ti][Cl]. The molecule has 0 saturated heterocycles. The Morgan fingerprint density at radius 1 is 0.667 bits per heavy atom. The summed E-state index contributed by atoms with van der Waals surface area (Å²) in [6.45, 7) is 13.0. The molecule has 1 N–H and O–H groups in total. The molecule has 0 radical (unpaired) electrons. The van der Waals surface area contributed by atoms with Gasteiger partial charge in [0.25, 0.3) is 0 Å². The number of hydrogen-bond acceptors (Lipinski definition) is 1. The molecule has 0 fully saturated rings. The van der Waals surface area contributed by atoms with Crippen molar-refractivity contribution in [2.24, 2.45) is 0 Å². The van der Waals surface area contributed by atoms with Crippen LogP contribution in [-0.4, -0.2) is 5.11 Å². The van der Waals surface area contributed by atoms with E-state index in [0.717, 1.165) is 27.8 Å². The average molecular weight is 514 g/mol. The van der Waals surface area contributed by atoms with Crippen molar-refractivity contribution in [2.45, 2.75) is 41.5 Å². The Hall–Kier alpha value is -1.90. The Morgan fingerprint density at radius 3 is 1.27 bits per heavy atom. The zero-order valence-electron chi connectivity index (χ0n) is 20.1. The third-order valence-corrected chi connectivity index (χ3v) is 6.24. The summed E-state index contributed by atoms with van der Waals surface area (Å²) in [6.07, 6.45) is 0. The number of aryl methyl sites for hydroxylation is 1. The number of aromatic hydroxyl groups is 1. The van der Waals surface area contributed by atoms with Gasteiger partial charge in [0.05, 0.1) is 0 Å². The van der Waals surface area contributed by atoms with E-state index in [1.54, 1.807) is 0 Å². The fourth-order valence-electron chi connectivity index (χ4n) is 3.86. The molecule has 0 spiro atoms. The van der Waals surface area contributed by atoms with Crippen LogP contribution in [0.5, 0.6) is 5.75 Å². The molecule has 0 aromatic heterocycles. The normalized spacial score (nSPS) is 9.94. The van der Waals surface area contributed by atoms with Gasteiger partial charge >= 0.3 is 35.6 Å². The Bertz CT molecular complexity index is 1020. The van der Waals surface area contributed by atoms with Gasteiger partial charge in [-0.2, -0.15) is 27.8 Å². The first-order chi connectivity index (χ1) is 15.7. The monoisotopic (exact) mass is 513 g/mol. The molecule has 0 aliphatic heterocycles. The van der Waals surface area contributed by atoms with Crippen LogP contribution in [0.1, 0.15) is 33.4 Å². The predicted molar refractivity (Wildman–Crippen MR) is 141 cm³/mol. The van der Waals surface area contributed by atoms with Crippen LogP contribution >= 0.6 is 18.6 Å². The summed E-state index contributed by atoms with van der Waals surface area (Å²) in [4.78, 5) is 0. The topological polar surface area (TPSA) is 20.2 Å². The van der Waals surface area contributed by atoms with Crippen LogP contribution in [0.25, 0.3) is 22.3 Å². The second-order valence-electron chi connectivity index (χ2n) is 8.14. The fraction of sp³-hybridized carbons (Fsp3) is 0.207. The molecule has 0 amide bonds. The van der Waals surface area contributed by atoms with Crippen molar-refractivity contribution in [2.75, 3.05) is 0 Å². The summed E-state index contributed by atoms with van der Waals surface area (Å²) in [6, 6.07) is 24.0. The second kappa shape index (κ2) is 13.1. The summed E-state index contributed by atoms with van der Waals surface area (Å²) in [7, 11) is 9.78. The zero-order chi connectivity index (χ0) is 24.5. The molecule has 0 aliphatic carbocycles. The van der Waals surface area contributed by atoms with Crippen molar-refractivity contribution < 1.29 is 22.1 Å². The first kappa shape index (κ1) is 27.3. The van der Waals surface area contributed by atoms with Crippen molar-refractivity contribution in [3.05, 3.63) is 106 Å². The van der Waals surface area contributed by atoms with E-state index >= 15 is 0 Å². The molecule has 0 saturated carbocycles. The first-order valence-corrected chi connectivity index (χ1v) is 15.1. The Labute approximate surface area is 215 Å². The molecule has 1 nitrogen and oxygen atoms in total. The van der Waals surface area contributed by atoms with Gasteiger partial charge < -0.3 is 5.11 Å². The van der Waals surface area contributed by atoms with E-state index in [9.17, 15) is 5.11 Å². The predicted octanol–water partition coefficient (Wildman–Crippen LogP) is 9.36. The summed E-state index contributed by atoms with van der Waals surface area (Å²) in [5.74, 6) is 0.341. The Balaban J connectivity index is 0.000000249. The summed E-state index contributed by atoms with van der Waals surface area (Å²) in [5, 5.41) is 10.6. The minimum atomic E-state index is -0.556. The van der Waals surface area contributed by atoms with Crippen LogP contribution in [0.3, 0.4) is 0 Å². The quantitative estimate of drug-likeness (QED) is 0.209. The van der Waals surface area contributed by atoms with Crippen LogP contribution in [0.4, 0.5) is 0 Å². The molecule has 0 aliphatic rings. The van der Waals surface area contributed by atoms with Crippen LogP contribution in [0, 0.1) is 41.5 Å².